The summed E-state index contributed by atoms with van der Waals surface area (Å²) < 4.78 is 0. The van der Waals surface area contributed by atoms with Crippen LogP contribution in [0.5, 0.6) is 0 Å². The van der Waals surface area contributed by atoms with Crippen molar-refractivity contribution in [2.24, 2.45) is 4.99 Å². The van der Waals surface area contributed by atoms with Crippen molar-refractivity contribution in [3.8, 4) is 0 Å². The highest BCUT2D eigenvalue weighted by Gasteiger charge is 1.93. The summed E-state index contributed by atoms with van der Waals surface area (Å²) in [7, 11) is 0. The highest BCUT2D eigenvalue weighted by Crippen LogP contribution is 2.01. The summed E-state index contributed by atoms with van der Waals surface area (Å²) >= 11 is 0. The van der Waals surface area contributed by atoms with Crippen LogP contribution in [0.1, 0.15) is 59.3 Å². The molecule has 0 aliphatic heterocycles. The fraction of sp³-hybridized carbons (Fsp3) is 0.833. The maximum atomic E-state index is 4.56. The lowest BCUT2D eigenvalue weighted by Crippen LogP contribution is -1.98. The quantitative estimate of drug-likeness (QED) is 0.397. The van der Waals surface area contributed by atoms with E-state index >= 15 is 0 Å². The molecule has 0 aromatic rings. The van der Waals surface area contributed by atoms with Crippen LogP contribution in [0.25, 0.3) is 0 Å². The molecule has 0 aromatic carbocycles. The zero-order valence-corrected chi connectivity index (χ0v) is 9.47. The lowest BCUT2D eigenvalue weighted by molar-refractivity contribution is 0.674. The normalized spacial score (nSPS) is 12.1. The fourth-order valence-electron chi connectivity index (χ4n) is 1.32. The molecule has 0 heterocycles. The minimum atomic E-state index is 1.03. The van der Waals surface area contributed by atoms with Crippen molar-refractivity contribution < 1.29 is 0 Å². The predicted octanol–water partition coefficient (Wildman–Crippen LogP) is 4.03. The highest BCUT2D eigenvalue weighted by molar-refractivity contribution is 5.91. The molecular formula is C12H24N. The Hall–Kier alpha value is -0.330. The zero-order valence-electron chi connectivity index (χ0n) is 9.47. The molecule has 0 spiro atoms. The standard InChI is InChI=1S/C12H24N/c1-4-7-8-9-11-13-12(6-3)10-5-2/h10H,4-9,11H2,1-3H3. The van der Waals surface area contributed by atoms with Gasteiger partial charge in [-0.3, -0.25) is 4.99 Å². The van der Waals surface area contributed by atoms with E-state index in [9.17, 15) is 0 Å². The molecular weight excluding hydrogens is 158 g/mol. The summed E-state index contributed by atoms with van der Waals surface area (Å²) in [6.07, 6.45) is 9.70. The van der Waals surface area contributed by atoms with Crippen molar-refractivity contribution in [3.63, 3.8) is 0 Å². The lowest BCUT2D eigenvalue weighted by Gasteiger charge is -2.01. The molecule has 0 amide bonds. The molecule has 13 heavy (non-hydrogen) atoms. The van der Waals surface area contributed by atoms with Gasteiger partial charge in [0.1, 0.15) is 0 Å². The summed E-state index contributed by atoms with van der Waals surface area (Å²) in [5.41, 5.74) is 1.29. The summed E-state index contributed by atoms with van der Waals surface area (Å²) in [6.45, 7) is 7.62. The van der Waals surface area contributed by atoms with Crippen molar-refractivity contribution in [3.05, 3.63) is 6.42 Å². The number of rotatable bonds is 8. The van der Waals surface area contributed by atoms with E-state index in [2.05, 4.69) is 32.2 Å². The van der Waals surface area contributed by atoms with Crippen molar-refractivity contribution in [2.45, 2.75) is 59.3 Å². The Morgan fingerprint density at radius 2 is 1.85 bits per heavy atom. The second kappa shape index (κ2) is 9.76. The Bertz CT molecular complexity index is 127. The second-order valence-corrected chi connectivity index (χ2v) is 3.40. The van der Waals surface area contributed by atoms with E-state index in [4.69, 9.17) is 0 Å². The monoisotopic (exact) mass is 182 g/mol. The molecule has 0 aliphatic carbocycles. The van der Waals surface area contributed by atoms with Gasteiger partial charge in [-0.05, 0) is 19.3 Å². The van der Waals surface area contributed by atoms with Gasteiger partial charge in [0.15, 0.2) is 0 Å². The molecule has 1 heteroatoms. The molecule has 0 unspecified atom stereocenters. The molecule has 0 fully saturated rings. The molecule has 0 bridgehead atoms. The molecule has 77 valence electrons. The number of hydrogen-bond acceptors (Lipinski definition) is 1. The average Bonchev–Trinajstić information content (AvgIpc) is 2.16. The number of nitrogens with zero attached hydrogens (tertiary/aromatic N) is 1. The molecule has 0 saturated heterocycles. The number of unbranched alkanes of at least 4 members (excludes halogenated alkanes) is 3. The van der Waals surface area contributed by atoms with Crippen LogP contribution in [-0.4, -0.2) is 12.3 Å². The third-order valence-electron chi connectivity index (χ3n) is 2.13. The first-order valence-electron chi connectivity index (χ1n) is 5.71. The SMILES string of the molecule is CC[CH]C(CC)=NCCCCCC. The number of hydrogen-bond donors (Lipinski definition) is 0. The molecule has 0 saturated carbocycles. The van der Waals surface area contributed by atoms with Crippen molar-refractivity contribution in [2.75, 3.05) is 6.54 Å². The molecule has 0 atom stereocenters. The van der Waals surface area contributed by atoms with Gasteiger partial charge in [-0.15, -0.1) is 0 Å². The van der Waals surface area contributed by atoms with Crippen molar-refractivity contribution in [1.29, 1.82) is 0 Å². The Balaban J connectivity index is 3.42. The third-order valence-corrected chi connectivity index (χ3v) is 2.13. The van der Waals surface area contributed by atoms with Gasteiger partial charge in [0.25, 0.3) is 0 Å². The predicted molar refractivity (Wildman–Crippen MR) is 61.3 cm³/mol. The Labute approximate surface area is 83.6 Å². The first-order chi connectivity index (χ1) is 6.35. The minimum Gasteiger partial charge on any atom is -0.294 e. The van der Waals surface area contributed by atoms with Crippen LogP contribution in [-0.2, 0) is 0 Å². The maximum Gasteiger partial charge on any atom is 0.0388 e. The third kappa shape index (κ3) is 8.01. The summed E-state index contributed by atoms with van der Waals surface area (Å²) in [5.74, 6) is 0. The lowest BCUT2D eigenvalue weighted by atomic mass is 10.1. The van der Waals surface area contributed by atoms with E-state index in [0.717, 1.165) is 19.4 Å². The van der Waals surface area contributed by atoms with Gasteiger partial charge < -0.3 is 0 Å². The van der Waals surface area contributed by atoms with Crippen LogP contribution < -0.4 is 0 Å². The molecule has 0 aliphatic rings. The summed E-state index contributed by atoms with van der Waals surface area (Å²) in [6, 6.07) is 0. The fourth-order valence-corrected chi connectivity index (χ4v) is 1.32. The van der Waals surface area contributed by atoms with Crippen LogP contribution in [0.4, 0.5) is 0 Å². The van der Waals surface area contributed by atoms with Crippen LogP contribution in [0.3, 0.4) is 0 Å². The Kier molecular flexibility index (Phi) is 9.51. The first kappa shape index (κ1) is 12.7. The van der Waals surface area contributed by atoms with Gasteiger partial charge in [-0.2, -0.15) is 0 Å². The average molecular weight is 182 g/mol. The van der Waals surface area contributed by atoms with Gasteiger partial charge >= 0.3 is 0 Å². The van der Waals surface area contributed by atoms with Gasteiger partial charge in [-0.25, -0.2) is 0 Å². The van der Waals surface area contributed by atoms with E-state index < -0.39 is 0 Å². The van der Waals surface area contributed by atoms with Crippen LogP contribution in [0, 0.1) is 6.42 Å². The smallest absolute Gasteiger partial charge is 0.0388 e. The molecule has 1 nitrogen and oxygen atoms in total. The Morgan fingerprint density at radius 1 is 1.08 bits per heavy atom. The van der Waals surface area contributed by atoms with Crippen LogP contribution in [0.15, 0.2) is 4.99 Å². The van der Waals surface area contributed by atoms with Gasteiger partial charge in [0.05, 0.1) is 0 Å². The molecule has 0 N–H and O–H groups in total. The zero-order chi connectivity index (χ0) is 9.94. The van der Waals surface area contributed by atoms with Gasteiger partial charge in [0.2, 0.25) is 0 Å². The minimum absolute atomic E-state index is 1.03. The van der Waals surface area contributed by atoms with E-state index in [1.807, 2.05) is 0 Å². The van der Waals surface area contributed by atoms with Crippen LogP contribution in [0.2, 0.25) is 0 Å². The first-order valence-corrected chi connectivity index (χ1v) is 5.71. The molecule has 1 radical (unpaired) electrons. The van der Waals surface area contributed by atoms with Crippen LogP contribution >= 0.6 is 0 Å². The highest BCUT2D eigenvalue weighted by atomic mass is 14.7. The second-order valence-electron chi connectivity index (χ2n) is 3.40. The van der Waals surface area contributed by atoms with E-state index in [-0.39, 0.29) is 0 Å². The summed E-state index contributed by atoms with van der Waals surface area (Å²) in [4.78, 5) is 4.56. The number of aliphatic imine (C=N–C) groups is 1. The van der Waals surface area contributed by atoms with Crippen molar-refractivity contribution >= 4 is 5.71 Å². The Morgan fingerprint density at radius 3 is 2.38 bits per heavy atom. The van der Waals surface area contributed by atoms with Gasteiger partial charge in [0, 0.05) is 18.7 Å². The topological polar surface area (TPSA) is 12.4 Å². The van der Waals surface area contributed by atoms with E-state index in [1.165, 1.54) is 31.4 Å². The van der Waals surface area contributed by atoms with E-state index in [1.54, 1.807) is 0 Å². The molecule has 0 aromatic heterocycles. The van der Waals surface area contributed by atoms with E-state index in [0.29, 0.717) is 0 Å². The summed E-state index contributed by atoms with van der Waals surface area (Å²) in [5, 5.41) is 0. The largest absolute Gasteiger partial charge is 0.294 e. The molecule has 0 rings (SSSR count). The van der Waals surface area contributed by atoms with Crippen molar-refractivity contribution in [1.82, 2.24) is 0 Å². The maximum absolute atomic E-state index is 4.56. The van der Waals surface area contributed by atoms with Gasteiger partial charge in [-0.1, -0.05) is 40.0 Å².